The van der Waals surface area contributed by atoms with E-state index < -0.39 is 12.0 Å². The number of rotatable bonds is 4. The molecule has 2 rings (SSSR count). The summed E-state index contributed by atoms with van der Waals surface area (Å²) in [5, 5.41) is 12.2. The van der Waals surface area contributed by atoms with E-state index >= 15 is 0 Å². The molecule has 0 fully saturated rings. The molecule has 1 radical (unpaired) electrons. The van der Waals surface area contributed by atoms with E-state index in [-0.39, 0.29) is 35.6 Å². The van der Waals surface area contributed by atoms with E-state index in [0.717, 1.165) is 11.3 Å². The van der Waals surface area contributed by atoms with Gasteiger partial charge in [0.2, 0.25) is 0 Å². The molecule has 1 unspecified atom stereocenters. The molecule has 1 atom stereocenters. The average molecular weight is 366 g/mol. The van der Waals surface area contributed by atoms with Crippen LogP contribution in [0.5, 0.6) is 0 Å². The van der Waals surface area contributed by atoms with Gasteiger partial charge < -0.3 is 10.4 Å². The maximum absolute atomic E-state index is 11.2. The number of benzene rings is 2. The summed E-state index contributed by atoms with van der Waals surface area (Å²) >= 11 is 0. The number of nitrogens with one attached hydrogen (secondary N) is 1. The van der Waals surface area contributed by atoms with Crippen LogP contribution in [0.4, 0.5) is 5.69 Å². The molecular formula is C14H13LaNO2. The molecule has 0 aliphatic heterocycles. The molecule has 0 bridgehead atoms. The molecule has 18 heavy (non-hydrogen) atoms. The summed E-state index contributed by atoms with van der Waals surface area (Å²) in [6.45, 7) is 0. The van der Waals surface area contributed by atoms with Crippen molar-refractivity contribution in [3.05, 3.63) is 66.2 Å². The Hall–Kier alpha value is -1.10. The van der Waals surface area contributed by atoms with Gasteiger partial charge in [-0.15, -0.1) is 0 Å². The molecule has 0 amide bonds. The number of hydrogen-bond donors (Lipinski definition) is 2. The van der Waals surface area contributed by atoms with Gasteiger partial charge in [0.15, 0.2) is 6.04 Å². The third-order valence-corrected chi connectivity index (χ3v) is 2.46. The van der Waals surface area contributed by atoms with Crippen molar-refractivity contribution in [1.82, 2.24) is 0 Å². The summed E-state index contributed by atoms with van der Waals surface area (Å²) in [5.74, 6) is -0.889. The van der Waals surface area contributed by atoms with E-state index in [1.165, 1.54) is 0 Å². The summed E-state index contributed by atoms with van der Waals surface area (Å²) in [6.07, 6.45) is 0. The van der Waals surface area contributed by atoms with E-state index in [0.29, 0.717) is 0 Å². The van der Waals surface area contributed by atoms with Crippen LogP contribution >= 0.6 is 0 Å². The first-order valence-corrected chi connectivity index (χ1v) is 5.37. The van der Waals surface area contributed by atoms with Crippen molar-refractivity contribution in [2.24, 2.45) is 0 Å². The van der Waals surface area contributed by atoms with E-state index in [1.807, 2.05) is 48.5 Å². The van der Waals surface area contributed by atoms with Crippen LogP contribution < -0.4 is 5.32 Å². The maximum atomic E-state index is 11.2. The van der Waals surface area contributed by atoms with Crippen LogP contribution in [0, 0.1) is 35.6 Å². The topological polar surface area (TPSA) is 49.3 Å². The third kappa shape index (κ3) is 3.98. The number of carboxylic acids is 1. The second-order valence-corrected chi connectivity index (χ2v) is 3.69. The SMILES string of the molecule is O=C(O)C(Nc1ccccc1)c1ccccc1.[La]. The molecule has 0 saturated carbocycles. The van der Waals surface area contributed by atoms with Crippen molar-refractivity contribution >= 4 is 11.7 Å². The summed E-state index contributed by atoms with van der Waals surface area (Å²) < 4.78 is 0. The number of carbonyl (C=O) groups is 1. The number of para-hydroxylation sites is 1. The van der Waals surface area contributed by atoms with Gasteiger partial charge in [0.05, 0.1) is 0 Å². The Balaban J connectivity index is 0.00000162. The van der Waals surface area contributed by atoms with Gasteiger partial charge in [-0.1, -0.05) is 48.5 Å². The Labute approximate surface area is 134 Å². The van der Waals surface area contributed by atoms with Crippen molar-refractivity contribution in [2.45, 2.75) is 6.04 Å². The molecule has 89 valence electrons. The van der Waals surface area contributed by atoms with Crippen LogP contribution in [0.1, 0.15) is 11.6 Å². The number of anilines is 1. The molecule has 2 N–H and O–H groups in total. The van der Waals surface area contributed by atoms with Crippen molar-refractivity contribution in [3.8, 4) is 0 Å². The van der Waals surface area contributed by atoms with Crippen LogP contribution in [0.2, 0.25) is 0 Å². The summed E-state index contributed by atoms with van der Waals surface area (Å²) in [6, 6.07) is 17.7. The maximum Gasteiger partial charge on any atom is 0.330 e. The normalized spacial score (nSPS) is 11.1. The van der Waals surface area contributed by atoms with Gasteiger partial charge in [0.25, 0.3) is 0 Å². The molecule has 0 aromatic heterocycles. The largest absolute Gasteiger partial charge is 0.479 e. The Bertz CT molecular complexity index is 488. The Kier molecular flexibility index (Phi) is 6.12. The smallest absolute Gasteiger partial charge is 0.330 e. The van der Waals surface area contributed by atoms with Crippen LogP contribution in [0.3, 0.4) is 0 Å². The van der Waals surface area contributed by atoms with E-state index in [2.05, 4.69) is 5.32 Å². The zero-order valence-corrected chi connectivity index (χ0v) is 13.4. The molecule has 2 aromatic carbocycles. The number of aliphatic carboxylic acids is 1. The van der Waals surface area contributed by atoms with Gasteiger partial charge in [-0.25, -0.2) is 4.79 Å². The monoisotopic (exact) mass is 366 g/mol. The second-order valence-electron chi connectivity index (χ2n) is 3.69. The molecule has 0 saturated heterocycles. The number of carboxylic acid groups (broad SMARTS) is 1. The third-order valence-electron chi connectivity index (χ3n) is 2.46. The minimum Gasteiger partial charge on any atom is -0.479 e. The van der Waals surface area contributed by atoms with Gasteiger partial charge in [-0.05, 0) is 17.7 Å². The van der Waals surface area contributed by atoms with Crippen LogP contribution in [-0.2, 0) is 4.79 Å². The van der Waals surface area contributed by atoms with Crippen LogP contribution in [-0.4, -0.2) is 11.1 Å². The first-order valence-electron chi connectivity index (χ1n) is 5.37. The Morgan fingerprint density at radius 2 is 1.44 bits per heavy atom. The zero-order valence-electron chi connectivity index (χ0n) is 9.78. The standard InChI is InChI=1S/C14H13NO2.La/c16-14(17)13(11-7-3-1-4-8-11)15-12-9-5-2-6-10-12;/h1-10,13,15H,(H,16,17);. The van der Waals surface area contributed by atoms with Crippen molar-refractivity contribution in [2.75, 3.05) is 5.32 Å². The summed E-state index contributed by atoms with van der Waals surface area (Å²) in [4.78, 5) is 11.2. The predicted molar refractivity (Wildman–Crippen MR) is 66.9 cm³/mol. The Morgan fingerprint density at radius 1 is 0.944 bits per heavy atom. The zero-order chi connectivity index (χ0) is 12.1. The first kappa shape index (κ1) is 15.0. The van der Waals surface area contributed by atoms with Gasteiger partial charge in [0.1, 0.15) is 0 Å². The molecule has 0 heterocycles. The predicted octanol–water partition coefficient (Wildman–Crippen LogP) is 2.92. The van der Waals surface area contributed by atoms with Gasteiger partial charge >= 0.3 is 5.97 Å². The van der Waals surface area contributed by atoms with Crippen molar-refractivity contribution in [3.63, 3.8) is 0 Å². The average Bonchev–Trinajstić information content (AvgIpc) is 2.38. The molecular weight excluding hydrogens is 353 g/mol. The second kappa shape index (κ2) is 7.36. The molecule has 2 aromatic rings. The van der Waals surface area contributed by atoms with Crippen LogP contribution in [0.15, 0.2) is 60.7 Å². The molecule has 4 heteroatoms. The van der Waals surface area contributed by atoms with E-state index in [1.54, 1.807) is 12.1 Å². The van der Waals surface area contributed by atoms with Crippen molar-refractivity contribution < 1.29 is 45.5 Å². The fourth-order valence-electron chi connectivity index (χ4n) is 1.63. The van der Waals surface area contributed by atoms with Gasteiger partial charge in [-0.3, -0.25) is 0 Å². The first-order chi connectivity index (χ1) is 8.27. The minimum atomic E-state index is -0.889. The minimum absolute atomic E-state index is 0. The fourth-order valence-corrected chi connectivity index (χ4v) is 1.63. The summed E-state index contributed by atoms with van der Waals surface area (Å²) in [7, 11) is 0. The quantitative estimate of drug-likeness (QED) is 0.875. The molecule has 0 aliphatic carbocycles. The van der Waals surface area contributed by atoms with Gasteiger partial charge in [0, 0.05) is 41.3 Å². The molecule has 0 aliphatic rings. The van der Waals surface area contributed by atoms with E-state index in [9.17, 15) is 9.90 Å². The van der Waals surface area contributed by atoms with Crippen LogP contribution in [0.25, 0.3) is 0 Å². The summed E-state index contributed by atoms with van der Waals surface area (Å²) in [5.41, 5.74) is 1.53. The fraction of sp³-hybridized carbons (Fsp3) is 0.0714. The molecule has 0 spiro atoms. The van der Waals surface area contributed by atoms with E-state index in [4.69, 9.17) is 0 Å². The van der Waals surface area contributed by atoms with Crippen molar-refractivity contribution in [1.29, 1.82) is 0 Å². The van der Waals surface area contributed by atoms with Gasteiger partial charge in [-0.2, -0.15) is 0 Å². The number of hydrogen-bond acceptors (Lipinski definition) is 2. The Morgan fingerprint density at radius 3 is 1.94 bits per heavy atom. The molecule has 3 nitrogen and oxygen atoms in total.